The molecule has 3 aromatic rings. The minimum Gasteiger partial charge on any atom is -0.339 e. The number of carbonyl (C=O) groups is 2. The molecule has 198 valence electrons. The Morgan fingerprint density at radius 1 is 1.00 bits per heavy atom. The lowest BCUT2D eigenvalue weighted by Crippen LogP contribution is -2.44. The van der Waals surface area contributed by atoms with Gasteiger partial charge in [0.05, 0.1) is 21.2 Å². The highest BCUT2D eigenvalue weighted by Gasteiger charge is 2.34. The van der Waals surface area contributed by atoms with Crippen molar-refractivity contribution in [3.63, 3.8) is 0 Å². The third-order valence-electron chi connectivity index (χ3n) is 7.13. The van der Waals surface area contributed by atoms with Crippen LogP contribution in [0.2, 0.25) is 5.02 Å². The van der Waals surface area contributed by atoms with Crippen LogP contribution in [0.1, 0.15) is 34.3 Å². The number of aryl methyl sites for hydroxylation is 1. The normalized spacial score (nSPS) is 15.9. The van der Waals surface area contributed by atoms with E-state index in [1.807, 2.05) is 36.1 Å². The Morgan fingerprint density at radius 2 is 1.74 bits per heavy atom. The highest BCUT2D eigenvalue weighted by atomic mass is 79.9. The minimum atomic E-state index is -3.97. The molecule has 0 radical (unpaired) electrons. The quantitative estimate of drug-likeness (QED) is 0.401. The van der Waals surface area contributed by atoms with Gasteiger partial charge in [0, 0.05) is 35.7 Å². The summed E-state index contributed by atoms with van der Waals surface area (Å²) in [6.45, 7) is 3.34. The summed E-state index contributed by atoms with van der Waals surface area (Å²) in [5, 5.41) is 0.178. The number of sulfonamides is 1. The molecule has 38 heavy (non-hydrogen) atoms. The van der Waals surface area contributed by atoms with Gasteiger partial charge in [0.15, 0.2) is 0 Å². The molecule has 2 aliphatic heterocycles. The fraction of sp³-hybridized carbons (Fsp3) is 0.286. The summed E-state index contributed by atoms with van der Waals surface area (Å²) >= 11 is 9.71. The Bertz CT molecular complexity index is 1520. The van der Waals surface area contributed by atoms with Crippen LogP contribution in [0.3, 0.4) is 0 Å². The predicted molar refractivity (Wildman–Crippen MR) is 152 cm³/mol. The van der Waals surface area contributed by atoms with Crippen LogP contribution in [0.5, 0.6) is 0 Å². The Labute approximate surface area is 236 Å². The lowest BCUT2D eigenvalue weighted by atomic mass is 9.94. The van der Waals surface area contributed by atoms with Crippen LogP contribution in [0.25, 0.3) is 0 Å². The molecule has 2 heterocycles. The smallest absolute Gasteiger partial charge is 0.261 e. The van der Waals surface area contributed by atoms with E-state index in [-0.39, 0.29) is 33.2 Å². The van der Waals surface area contributed by atoms with Gasteiger partial charge in [-0.25, -0.2) is 8.42 Å². The number of piperidine rings is 1. The zero-order valence-electron chi connectivity index (χ0n) is 20.8. The van der Waals surface area contributed by atoms with Crippen molar-refractivity contribution in [1.29, 1.82) is 0 Å². The van der Waals surface area contributed by atoms with E-state index in [1.165, 1.54) is 23.8 Å². The molecule has 10 heteroatoms. The fourth-order valence-corrected chi connectivity index (χ4v) is 6.82. The van der Waals surface area contributed by atoms with Crippen molar-refractivity contribution in [3.05, 3.63) is 86.8 Å². The number of nitrogens with zero attached hydrogens (tertiary/aromatic N) is 2. The SMILES string of the molecule is Cc1ccc(Br)c(NS(=O)(=O)c2ccc(Cl)c(C(=O)N3CCC(C(=O)N4CCc5ccccc54)CC3)c2)c1. The van der Waals surface area contributed by atoms with Crippen molar-refractivity contribution in [2.45, 2.75) is 31.1 Å². The average molecular weight is 617 g/mol. The lowest BCUT2D eigenvalue weighted by molar-refractivity contribution is -0.123. The van der Waals surface area contributed by atoms with Gasteiger partial charge in [-0.1, -0.05) is 35.9 Å². The van der Waals surface area contributed by atoms with E-state index in [9.17, 15) is 18.0 Å². The largest absolute Gasteiger partial charge is 0.339 e. The molecule has 3 aromatic carbocycles. The second-order valence-electron chi connectivity index (χ2n) is 9.67. The maximum absolute atomic E-state index is 13.4. The van der Waals surface area contributed by atoms with E-state index in [1.54, 1.807) is 17.0 Å². The third kappa shape index (κ3) is 5.32. The average Bonchev–Trinajstić information content (AvgIpc) is 3.34. The van der Waals surface area contributed by atoms with Crippen molar-refractivity contribution in [2.24, 2.45) is 5.92 Å². The summed E-state index contributed by atoms with van der Waals surface area (Å²) in [6, 6.07) is 17.4. The molecule has 0 aliphatic carbocycles. The number of carbonyl (C=O) groups excluding carboxylic acids is 2. The molecule has 7 nitrogen and oxygen atoms in total. The number of hydrogen-bond acceptors (Lipinski definition) is 4. The van der Waals surface area contributed by atoms with Crippen LogP contribution in [0, 0.1) is 12.8 Å². The van der Waals surface area contributed by atoms with Gasteiger partial charge in [-0.3, -0.25) is 14.3 Å². The maximum atomic E-state index is 13.4. The van der Waals surface area contributed by atoms with Gasteiger partial charge in [0.2, 0.25) is 5.91 Å². The third-order valence-corrected chi connectivity index (χ3v) is 9.51. The van der Waals surface area contributed by atoms with Gasteiger partial charge < -0.3 is 9.80 Å². The number of halogens is 2. The molecule has 0 atom stereocenters. The molecule has 2 amide bonds. The fourth-order valence-electron chi connectivity index (χ4n) is 5.04. The Kier molecular flexibility index (Phi) is 7.53. The number of fused-ring (bicyclic) bond motifs is 1. The first kappa shape index (κ1) is 26.7. The standard InChI is InChI=1S/C28H27BrClN3O4S/c1-18-6-8-23(29)25(16-18)31-38(36,37)21-7-9-24(30)22(17-21)28(35)32-13-10-20(11-14-32)27(34)33-15-12-19-4-2-3-5-26(19)33/h2-9,16-17,20,31H,10-15H2,1H3. The topological polar surface area (TPSA) is 86.8 Å². The van der Waals surface area contributed by atoms with Crippen molar-refractivity contribution < 1.29 is 18.0 Å². The summed E-state index contributed by atoms with van der Waals surface area (Å²) < 4.78 is 29.4. The summed E-state index contributed by atoms with van der Waals surface area (Å²) in [5.74, 6) is -0.410. The van der Waals surface area contributed by atoms with E-state index < -0.39 is 10.0 Å². The van der Waals surface area contributed by atoms with E-state index in [0.717, 1.165) is 17.7 Å². The van der Waals surface area contributed by atoms with Gasteiger partial charge >= 0.3 is 0 Å². The summed E-state index contributed by atoms with van der Waals surface area (Å²) in [4.78, 5) is 30.1. The zero-order chi connectivity index (χ0) is 27.0. The number of hydrogen-bond donors (Lipinski definition) is 1. The van der Waals surface area contributed by atoms with Crippen LogP contribution in [0.15, 0.2) is 70.0 Å². The van der Waals surface area contributed by atoms with E-state index in [2.05, 4.69) is 26.7 Å². The van der Waals surface area contributed by atoms with Gasteiger partial charge in [0.25, 0.3) is 15.9 Å². The van der Waals surface area contributed by atoms with E-state index in [0.29, 0.717) is 42.6 Å². The van der Waals surface area contributed by atoms with E-state index >= 15 is 0 Å². The minimum absolute atomic E-state index is 0.0589. The van der Waals surface area contributed by atoms with E-state index in [4.69, 9.17) is 11.6 Å². The first-order chi connectivity index (χ1) is 18.1. The predicted octanol–water partition coefficient (Wildman–Crippen LogP) is 5.65. The Balaban J connectivity index is 1.28. The second kappa shape index (κ2) is 10.7. The van der Waals surface area contributed by atoms with Crippen LogP contribution in [0.4, 0.5) is 11.4 Å². The van der Waals surface area contributed by atoms with Crippen LogP contribution in [-0.2, 0) is 21.2 Å². The van der Waals surface area contributed by atoms with Crippen molar-refractivity contribution >= 4 is 60.7 Å². The molecule has 2 aliphatic rings. The molecule has 0 saturated carbocycles. The summed E-state index contributed by atoms with van der Waals surface area (Å²) in [7, 11) is -3.97. The summed E-state index contributed by atoms with van der Waals surface area (Å²) in [5.41, 5.74) is 3.58. The lowest BCUT2D eigenvalue weighted by Gasteiger charge is -2.33. The molecular formula is C28H27BrClN3O4S. The van der Waals surface area contributed by atoms with Crippen molar-refractivity contribution in [2.75, 3.05) is 29.3 Å². The molecule has 1 N–H and O–H groups in total. The van der Waals surface area contributed by atoms with Crippen LogP contribution in [-0.4, -0.2) is 44.8 Å². The monoisotopic (exact) mass is 615 g/mol. The molecule has 5 rings (SSSR count). The van der Waals surface area contributed by atoms with Gasteiger partial charge in [-0.05, 0) is 89.6 Å². The molecule has 0 aromatic heterocycles. The highest BCUT2D eigenvalue weighted by Crippen LogP contribution is 2.32. The number of anilines is 2. The second-order valence-corrected chi connectivity index (χ2v) is 12.6. The maximum Gasteiger partial charge on any atom is 0.261 e. The first-order valence-corrected chi connectivity index (χ1v) is 15.1. The summed E-state index contributed by atoms with van der Waals surface area (Å²) in [6.07, 6.45) is 1.94. The molecular weight excluding hydrogens is 590 g/mol. The van der Waals surface area contributed by atoms with Crippen molar-refractivity contribution in [3.8, 4) is 0 Å². The van der Waals surface area contributed by atoms with Gasteiger partial charge in [-0.2, -0.15) is 0 Å². The zero-order valence-corrected chi connectivity index (χ0v) is 23.9. The molecule has 1 fully saturated rings. The number of likely N-dealkylation sites (tertiary alicyclic amines) is 1. The van der Waals surface area contributed by atoms with Crippen LogP contribution < -0.4 is 9.62 Å². The van der Waals surface area contributed by atoms with Crippen LogP contribution >= 0.6 is 27.5 Å². The number of benzene rings is 3. The van der Waals surface area contributed by atoms with Gasteiger partial charge in [-0.15, -0.1) is 0 Å². The molecule has 0 spiro atoms. The Hall–Kier alpha value is -2.88. The number of rotatable bonds is 5. The molecule has 0 bridgehead atoms. The number of para-hydroxylation sites is 1. The van der Waals surface area contributed by atoms with Crippen molar-refractivity contribution in [1.82, 2.24) is 4.90 Å². The first-order valence-electron chi connectivity index (χ1n) is 12.4. The highest BCUT2D eigenvalue weighted by molar-refractivity contribution is 9.10. The number of amides is 2. The molecule has 1 saturated heterocycles. The number of nitrogens with one attached hydrogen (secondary N) is 1. The molecule has 0 unspecified atom stereocenters. The Morgan fingerprint density at radius 3 is 2.50 bits per heavy atom. The van der Waals surface area contributed by atoms with Gasteiger partial charge in [0.1, 0.15) is 0 Å².